The number of nitrogen functional groups attached to an aromatic ring is 1. The van der Waals surface area contributed by atoms with E-state index in [2.05, 4.69) is 23.7 Å². The molecular weight excluding hydrogens is 308 g/mol. The molecule has 0 unspecified atom stereocenters. The zero-order valence-electron chi connectivity index (χ0n) is 14.2. The third kappa shape index (κ3) is 3.82. The summed E-state index contributed by atoms with van der Waals surface area (Å²) in [4.78, 5) is 4.60. The molecule has 1 aromatic heterocycles. The normalized spacial score (nSPS) is 16.3. The number of nitrogens with two attached hydrogens (primary N) is 1. The van der Waals surface area contributed by atoms with Gasteiger partial charge in [-0.15, -0.1) is 0 Å². The van der Waals surface area contributed by atoms with Crippen molar-refractivity contribution in [1.82, 2.24) is 4.98 Å². The van der Waals surface area contributed by atoms with Crippen LogP contribution in [0.2, 0.25) is 0 Å². The van der Waals surface area contributed by atoms with Crippen molar-refractivity contribution in [3.63, 3.8) is 0 Å². The molecule has 3 heteroatoms. The summed E-state index contributed by atoms with van der Waals surface area (Å²) in [6.07, 6.45) is 9.36. The minimum Gasteiger partial charge on any atom is -0.439 e. The third-order valence-corrected chi connectivity index (χ3v) is 4.68. The topological polar surface area (TPSA) is 48.1 Å². The van der Waals surface area contributed by atoms with E-state index < -0.39 is 0 Å². The van der Waals surface area contributed by atoms with Gasteiger partial charge in [0.2, 0.25) is 5.88 Å². The number of aromatic nitrogens is 1. The largest absolute Gasteiger partial charge is 0.439 e. The second kappa shape index (κ2) is 6.60. The predicted molar refractivity (Wildman–Crippen MR) is 102 cm³/mol. The highest BCUT2D eigenvalue weighted by Crippen LogP contribution is 2.42. The number of hydrogen-bond donors (Lipinski definition) is 1. The van der Waals surface area contributed by atoms with E-state index in [-0.39, 0.29) is 0 Å². The van der Waals surface area contributed by atoms with Gasteiger partial charge in [0, 0.05) is 11.8 Å². The molecule has 0 atom stereocenters. The van der Waals surface area contributed by atoms with Crippen LogP contribution < -0.4 is 10.5 Å². The fourth-order valence-corrected chi connectivity index (χ4v) is 3.13. The molecule has 0 spiro atoms. The van der Waals surface area contributed by atoms with Gasteiger partial charge in [-0.05, 0) is 73.1 Å². The zero-order chi connectivity index (χ0) is 17.2. The maximum absolute atomic E-state index is 5.82. The molecule has 0 aliphatic heterocycles. The van der Waals surface area contributed by atoms with E-state index >= 15 is 0 Å². The van der Waals surface area contributed by atoms with Crippen LogP contribution in [0.3, 0.4) is 0 Å². The average molecular weight is 330 g/mol. The van der Waals surface area contributed by atoms with Crippen molar-refractivity contribution >= 4 is 11.3 Å². The van der Waals surface area contributed by atoms with Gasteiger partial charge in [-0.1, -0.05) is 30.4 Å². The molecule has 0 saturated heterocycles. The summed E-state index contributed by atoms with van der Waals surface area (Å²) in [5, 5.41) is 0. The highest BCUT2D eigenvalue weighted by molar-refractivity contribution is 5.64. The summed E-state index contributed by atoms with van der Waals surface area (Å²) in [7, 11) is 0. The van der Waals surface area contributed by atoms with E-state index in [0.717, 1.165) is 35.8 Å². The number of allylic oxidation sites excluding steroid dienone is 5. The standard InChI is InChI=1S/C22H22N2O/c1-15(13-16-5-6-18(14-16)17-7-8-17)21-3-2-4-22(24-21)25-20-11-9-19(23)10-12-20/h2-5,9-12,14,17H,1,6-8,13,23H2. The summed E-state index contributed by atoms with van der Waals surface area (Å²) < 4.78 is 5.82. The van der Waals surface area contributed by atoms with Crippen molar-refractivity contribution in [2.75, 3.05) is 5.73 Å². The van der Waals surface area contributed by atoms with Crippen LogP contribution in [0.15, 0.2) is 72.3 Å². The smallest absolute Gasteiger partial charge is 0.219 e. The molecule has 126 valence electrons. The van der Waals surface area contributed by atoms with E-state index in [1.807, 2.05) is 42.5 Å². The van der Waals surface area contributed by atoms with E-state index in [0.29, 0.717) is 11.6 Å². The van der Waals surface area contributed by atoms with Gasteiger partial charge in [0.05, 0.1) is 5.69 Å². The Morgan fingerprint density at radius 2 is 1.96 bits per heavy atom. The molecule has 25 heavy (non-hydrogen) atoms. The lowest BCUT2D eigenvalue weighted by Gasteiger charge is -2.09. The number of benzene rings is 1. The Morgan fingerprint density at radius 1 is 1.16 bits per heavy atom. The van der Waals surface area contributed by atoms with Crippen LogP contribution in [-0.4, -0.2) is 4.98 Å². The van der Waals surface area contributed by atoms with Crippen LogP contribution in [0.5, 0.6) is 11.6 Å². The van der Waals surface area contributed by atoms with E-state index in [1.165, 1.54) is 18.4 Å². The van der Waals surface area contributed by atoms with E-state index in [4.69, 9.17) is 10.5 Å². The molecule has 1 saturated carbocycles. The number of anilines is 1. The second-order valence-corrected chi connectivity index (χ2v) is 6.79. The number of hydrogen-bond acceptors (Lipinski definition) is 3. The van der Waals surface area contributed by atoms with Gasteiger partial charge in [0.25, 0.3) is 0 Å². The van der Waals surface area contributed by atoms with Crippen molar-refractivity contribution in [1.29, 1.82) is 0 Å². The first-order valence-corrected chi connectivity index (χ1v) is 8.75. The Bertz CT molecular complexity index is 858. The Morgan fingerprint density at radius 3 is 2.72 bits per heavy atom. The van der Waals surface area contributed by atoms with Crippen molar-refractivity contribution in [3.8, 4) is 11.6 Å². The second-order valence-electron chi connectivity index (χ2n) is 6.79. The highest BCUT2D eigenvalue weighted by atomic mass is 16.5. The van der Waals surface area contributed by atoms with Crippen LogP contribution in [0.1, 0.15) is 31.4 Å². The van der Waals surface area contributed by atoms with Gasteiger partial charge in [0.1, 0.15) is 5.75 Å². The monoisotopic (exact) mass is 330 g/mol. The summed E-state index contributed by atoms with van der Waals surface area (Å²) in [6, 6.07) is 13.1. The Labute approximate surface area is 148 Å². The van der Waals surface area contributed by atoms with E-state index in [1.54, 1.807) is 5.57 Å². The van der Waals surface area contributed by atoms with Crippen molar-refractivity contribution < 1.29 is 4.74 Å². The fraction of sp³-hybridized carbons (Fsp3) is 0.227. The molecule has 2 aromatic rings. The van der Waals surface area contributed by atoms with Gasteiger partial charge in [-0.25, -0.2) is 4.98 Å². The lowest BCUT2D eigenvalue weighted by atomic mass is 10.0. The van der Waals surface area contributed by atoms with Gasteiger partial charge in [0.15, 0.2) is 0 Å². The molecule has 1 fully saturated rings. The van der Waals surface area contributed by atoms with E-state index in [9.17, 15) is 0 Å². The molecule has 0 amide bonds. The third-order valence-electron chi connectivity index (χ3n) is 4.68. The summed E-state index contributed by atoms with van der Waals surface area (Å²) in [6.45, 7) is 4.23. The van der Waals surface area contributed by atoms with Crippen molar-refractivity contribution in [3.05, 3.63) is 78.0 Å². The number of ether oxygens (including phenoxy) is 1. The summed E-state index contributed by atoms with van der Waals surface area (Å²) in [5.74, 6) is 2.13. The summed E-state index contributed by atoms with van der Waals surface area (Å²) >= 11 is 0. The first-order chi connectivity index (χ1) is 12.2. The number of rotatable bonds is 6. The van der Waals surface area contributed by atoms with Crippen molar-refractivity contribution in [2.24, 2.45) is 5.92 Å². The molecule has 2 aliphatic rings. The lowest BCUT2D eigenvalue weighted by Crippen LogP contribution is -1.94. The van der Waals surface area contributed by atoms with Crippen molar-refractivity contribution in [2.45, 2.75) is 25.7 Å². The first kappa shape index (κ1) is 15.7. The number of nitrogens with zero attached hydrogens (tertiary/aromatic N) is 1. The van der Waals surface area contributed by atoms with Crippen LogP contribution in [0.4, 0.5) is 5.69 Å². The van der Waals surface area contributed by atoms with Gasteiger partial charge < -0.3 is 10.5 Å². The summed E-state index contributed by atoms with van der Waals surface area (Å²) in [5.41, 5.74) is 11.3. The lowest BCUT2D eigenvalue weighted by molar-refractivity contribution is 0.462. The quantitative estimate of drug-likeness (QED) is 0.709. The molecular formula is C22H22N2O. The van der Waals surface area contributed by atoms with Gasteiger partial charge >= 0.3 is 0 Å². The Balaban J connectivity index is 1.43. The molecule has 0 bridgehead atoms. The SMILES string of the molecule is C=C(CC1=CCC(C2CC2)=C1)c1cccc(Oc2ccc(N)cc2)n1. The van der Waals surface area contributed by atoms with Crippen LogP contribution in [-0.2, 0) is 0 Å². The van der Waals surface area contributed by atoms with Crippen LogP contribution in [0.25, 0.3) is 5.57 Å². The zero-order valence-corrected chi connectivity index (χ0v) is 14.2. The first-order valence-electron chi connectivity index (χ1n) is 8.75. The molecule has 4 rings (SSSR count). The van der Waals surface area contributed by atoms with Crippen LogP contribution >= 0.6 is 0 Å². The maximum atomic E-state index is 5.82. The molecule has 1 heterocycles. The minimum atomic E-state index is 0.568. The Kier molecular flexibility index (Phi) is 4.14. The molecule has 2 N–H and O–H groups in total. The van der Waals surface area contributed by atoms with Gasteiger partial charge in [-0.3, -0.25) is 0 Å². The highest BCUT2D eigenvalue weighted by Gasteiger charge is 2.27. The average Bonchev–Trinajstić information content (AvgIpc) is 3.37. The predicted octanol–water partition coefficient (Wildman–Crippen LogP) is 5.53. The van der Waals surface area contributed by atoms with Gasteiger partial charge in [-0.2, -0.15) is 0 Å². The fourth-order valence-electron chi connectivity index (χ4n) is 3.13. The maximum Gasteiger partial charge on any atom is 0.219 e. The Hall–Kier alpha value is -2.81. The molecule has 1 aromatic carbocycles. The molecule has 2 aliphatic carbocycles. The molecule has 0 radical (unpaired) electrons. The number of pyridine rings is 1. The van der Waals surface area contributed by atoms with Crippen LogP contribution in [0, 0.1) is 5.92 Å². The molecule has 3 nitrogen and oxygen atoms in total. The minimum absolute atomic E-state index is 0.568.